The maximum Gasteiger partial charge on any atom is 0.446 e. The van der Waals surface area contributed by atoms with Crippen LogP contribution in [0.2, 0.25) is 0 Å². The molecule has 0 atom stereocenters. The van der Waals surface area contributed by atoms with Crippen LogP contribution in [0, 0.1) is 0 Å². The Kier molecular flexibility index (Phi) is 5.59. The summed E-state index contributed by atoms with van der Waals surface area (Å²) in [6.45, 7) is 0. The van der Waals surface area contributed by atoms with E-state index in [1.807, 2.05) is 91.0 Å². The van der Waals surface area contributed by atoms with E-state index in [0.29, 0.717) is 4.73 Å². The Morgan fingerprint density at radius 1 is 0.677 bits per heavy atom. The van der Waals surface area contributed by atoms with Crippen LogP contribution >= 0.6 is 0 Å². The largest absolute Gasteiger partial charge is 0.492 e. The third-order valence-electron chi connectivity index (χ3n) is 4.94. The van der Waals surface area contributed by atoms with Crippen molar-refractivity contribution in [3.8, 4) is 11.8 Å². The molecule has 0 fully saturated rings. The predicted molar refractivity (Wildman–Crippen MR) is 115 cm³/mol. The van der Waals surface area contributed by atoms with Gasteiger partial charge >= 0.3 is 6.09 Å². The van der Waals surface area contributed by atoms with Gasteiger partial charge < -0.3 is 15.1 Å². The van der Waals surface area contributed by atoms with Crippen molar-refractivity contribution in [2.75, 3.05) is 0 Å². The number of nitrogens with zero attached hydrogens (tertiary/aromatic N) is 1. The van der Waals surface area contributed by atoms with Gasteiger partial charge in [-0.2, -0.15) is 0 Å². The maximum atomic E-state index is 12.5. The molecule has 31 heavy (non-hydrogen) atoms. The normalized spacial score (nSPS) is 11.1. The minimum Gasteiger partial charge on any atom is -0.492 e. The third kappa shape index (κ3) is 3.94. The van der Waals surface area contributed by atoms with E-state index < -0.39 is 23.4 Å². The van der Waals surface area contributed by atoms with Gasteiger partial charge in [-0.25, -0.2) is 10.2 Å². The summed E-state index contributed by atoms with van der Waals surface area (Å²) < 4.78 is 0.617. The van der Waals surface area contributed by atoms with Gasteiger partial charge in [-0.1, -0.05) is 91.0 Å². The Morgan fingerprint density at radius 3 is 1.45 bits per heavy atom. The van der Waals surface area contributed by atoms with Crippen molar-refractivity contribution in [1.29, 1.82) is 0 Å². The van der Waals surface area contributed by atoms with Crippen molar-refractivity contribution >= 4 is 6.09 Å². The van der Waals surface area contributed by atoms with Gasteiger partial charge in [-0.05, 0) is 16.7 Å². The Morgan fingerprint density at radius 2 is 1.06 bits per heavy atom. The Labute approximate surface area is 179 Å². The molecule has 7 nitrogen and oxygen atoms in total. The highest BCUT2D eigenvalue weighted by Crippen LogP contribution is 2.36. The zero-order valence-electron chi connectivity index (χ0n) is 16.5. The molecule has 4 N–H and O–H groups in total. The smallest absolute Gasteiger partial charge is 0.446 e. The molecule has 156 valence electrons. The van der Waals surface area contributed by atoms with Gasteiger partial charge in [-0.3, -0.25) is 5.43 Å². The van der Waals surface area contributed by atoms with Gasteiger partial charge in [0.2, 0.25) is 11.8 Å². The van der Waals surface area contributed by atoms with E-state index in [9.17, 15) is 15.0 Å². The highest BCUT2D eigenvalue weighted by Gasteiger charge is 2.37. The lowest BCUT2D eigenvalue weighted by Crippen LogP contribution is -2.54. The van der Waals surface area contributed by atoms with Crippen molar-refractivity contribution in [3.63, 3.8) is 0 Å². The standard InChI is InChI=1S/C24H21N3O4/c28-21-16-17-22(29)27(21)31-23(30)25-26-24(18-10-4-1-5-11-18,19-12-6-2-7-13-19)20-14-8-3-9-15-20/h1-17,26,28-29H,(H,25,30). The molecule has 3 aromatic carbocycles. The summed E-state index contributed by atoms with van der Waals surface area (Å²) >= 11 is 0. The number of hydrogen-bond donors (Lipinski definition) is 4. The number of benzene rings is 3. The Balaban J connectivity index is 1.74. The zero-order chi connectivity index (χ0) is 21.7. The van der Waals surface area contributed by atoms with Crippen molar-refractivity contribution in [1.82, 2.24) is 15.6 Å². The first-order valence-corrected chi connectivity index (χ1v) is 9.63. The number of hydrogen-bond acceptors (Lipinski definition) is 5. The minimum absolute atomic E-state index is 0.409. The van der Waals surface area contributed by atoms with E-state index in [2.05, 4.69) is 10.9 Å². The summed E-state index contributed by atoms with van der Waals surface area (Å²) in [7, 11) is 0. The fourth-order valence-electron chi connectivity index (χ4n) is 3.53. The van der Waals surface area contributed by atoms with E-state index in [1.54, 1.807) is 0 Å². The van der Waals surface area contributed by atoms with Crippen LogP contribution in [-0.2, 0) is 5.54 Å². The highest BCUT2D eigenvalue weighted by molar-refractivity contribution is 5.67. The van der Waals surface area contributed by atoms with Crippen LogP contribution in [0.1, 0.15) is 16.7 Å². The van der Waals surface area contributed by atoms with Crippen LogP contribution in [-0.4, -0.2) is 21.0 Å². The number of aromatic hydroxyl groups is 2. The Bertz CT molecular complexity index is 1030. The van der Waals surface area contributed by atoms with Crippen LogP contribution in [0.25, 0.3) is 0 Å². The molecule has 4 rings (SSSR count). The molecule has 0 saturated carbocycles. The molecule has 1 heterocycles. The number of carbonyl (C=O) groups is 1. The summed E-state index contributed by atoms with van der Waals surface area (Å²) in [5.41, 5.74) is 7.41. The Hall–Kier alpha value is -4.23. The molecule has 0 aliphatic carbocycles. The SMILES string of the molecule is O=C(NNC(c1ccccc1)(c1ccccc1)c1ccccc1)On1c(O)ccc1O. The van der Waals surface area contributed by atoms with Gasteiger partial charge in [0.15, 0.2) is 0 Å². The first kappa shape index (κ1) is 20.1. The van der Waals surface area contributed by atoms with E-state index in [4.69, 9.17) is 4.84 Å². The second kappa shape index (κ2) is 8.64. The van der Waals surface area contributed by atoms with Crippen molar-refractivity contribution in [2.45, 2.75) is 5.54 Å². The summed E-state index contributed by atoms with van der Waals surface area (Å²) in [5, 5.41) is 19.4. The predicted octanol–water partition coefficient (Wildman–Crippen LogP) is 3.53. The first-order valence-electron chi connectivity index (χ1n) is 9.63. The van der Waals surface area contributed by atoms with Gasteiger partial charge in [0.25, 0.3) is 0 Å². The second-order valence-electron chi connectivity index (χ2n) is 6.82. The topological polar surface area (TPSA) is 95.8 Å². The van der Waals surface area contributed by atoms with Crippen molar-refractivity contribution < 1.29 is 19.8 Å². The average molecular weight is 415 g/mol. The fourth-order valence-corrected chi connectivity index (χ4v) is 3.53. The molecule has 1 aromatic heterocycles. The molecule has 0 aliphatic heterocycles. The lowest BCUT2D eigenvalue weighted by Gasteiger charge is -2.36. The monoisotopic (exact) mass is 415 g/mol. The van der Waals surface area contributed by atoms with Crippen LogP contribution in [0.15, 0.2) is 103 Å². The molecular formula is C24H21N3O4. The average Bonchev–Trinajstić information content (AvgIpc) is 3.14. The minimum atomic E-state index is -0.941. The van der Waals surface area contributed by atoms with E-state index >= 15 is 0 Å². The van der Waals surface area contributed by atoms with E-state index in [1.165, 1.54) is 12.1 Å². The molecule has 4 aromatic rings. The molecule has 7 heteroatoms. The van der Waals surface area contributed by atoms with Gasteiger partial charge in [0.1, 0.15) is 5.54 Å². The first-order chi connectivity index (χ1) is 15.1. The van der Waals surface area contributed by atoms with Crippen LogP contribution in [0.5, 0.6) is 11.8 Å². The van der Waals surface area contributed by atoms with Crippen LogP contribution in [0.4, 0.5) is 4.79 Å². The second-order valence-corrected chi connectivity index (χ2v) is 6.82. The molecule has 0 radical (unpaired) electrons. The quantitative estimate of drug-likeness (QED) is 0.285. The third-order valence-corrected chi connectivity index (χ3v) is 4.94. The summed E-state index contributed by atoms with van der Waals surface area (Å²) in [6.07, 6.45) is -0.922. The lowest BCUT2D eigenvalue weighted by atomic mass is 9.77. The summed E-state index contributed by atoms with van der Waals surface area (Å²) in [6, 6.07) is 31.5. The summed E-state index contributed by atoms with van der Waals surface area (Å²) in [4.78, 5) is 17.5. The maximum absolute atomic E-state index is 12.5. The number of rotatable bonds is 6. The van der Waals surface area contributed by atoms with Crippen molar-refractivity contribution in [2.24, 2.45) is 0 Å². The zero-order valence-corrected chi connectivity index (χ0v) is 16.5. The molecule has 1 amide bonds. The van der Waals surface area contributed by atoms with Crippen LogP contribution in [0.3, 0.4) is 0 Å². The highest BCUT2D eigenvalue weighted by atomic mass is 16.7. The molecule has 0 unspecified atom stereocenters. The number of amides is 1. The van der Waals surface area contributed by atoms with Gasteiger partial charge in [0.05, 0.1) is 0 Å². The van der Waals surface area contributed by atoms with Crippen LogP contribution < -0.4 is 15.7 Å². The lowest BCUT2D eigenvalue weighted by molar-refractivity contribution is 0.102. The van der Waals surface area contributed by atoms with Gasteiger partial charge in [-0.15, -0.1) is 4.73 Å². The number of nitrogens with one attached hydrogen (secondary N) is 2. The molecule has 0 aliphatic rings. The summed E-state index contributed by atoms with van der Waals surface area (Å²) in [5.74, 6) is -0.818. The van der Waals surface area contributed by atoms with Gasteiger partial charge in [0, 0.05) is 12.1 Å². The fraction of sp³-hybridized carbons (Fsp3) is 0.0417. The number of hydrazine groups is 1. The van der Waals surface area contributed by atoms with E-state index in [-0.39, 0.29) is 0 Å². The molecule has 0 spiro atoms. The molecule has 0 saturated heterocycles. The van der Waals surface area contributed by atoms with Crippen molar-refractivity contribution in [3.05, 3.63) is 120 Å². The molecular weight excluding hydrogens is 394 g/mol. The molecule has 0 bridgehead atoms. The number of carbonyl (C=O) groups excluding carboxylic acids is 1. The number of aromatic nitrogens is 1. The van der Waals surface area contributed by atoms with E-state index in [0.717, 1.165) is 16.7 Å².